The van der Waals surface area contributed by atoms with Gasteiger partial charge < -0.3 is 14.8 Å². The van der Waals surface area contributed by atoms with E-state index in [9.17, 15) is 0 Å². The average molecular weight is 265 g/mol. The number of rotatable bonds is 4. The highest BCUT2D eigenvalue weighted by molar-refractivity contribution is 7.99. The van der Waals surface area contributed by atoms with Gasteiger partial charge in [-0.15, -0.1) is 0 Å². The molecule has 96 valence electrons. The van der Waals surface area contributed by atoms with Crippen LogP contribution in [0.5, 0.6) is 0 Å². The van der Waals surface area contributed by atoms with Gasteiger partial charge in [-0.05, 0) is 18.6 Å². The Bertz CT molecular complexity index is 517. The highest BCUT2D eigenvalue weighted by Gasteiger charge is 2.23. The number of hydrogen-bond acceptors (Lipinski definition) is 6. The summed E-state index contributed by atoms with van der Waals surface area (Å²) >= 11 is 1.89. The fourth-order valence-corrected chi connectivity index (χ4v) is 3.19. The summed E-state index contributed by atoms with van der Waals surface area (Å²) in [6, 6.07) is 0. The molecule has 1 saturated heterocycles. The van der Waals surface area contributed by atoms with E-state index in [4.69, 9.17) is 10.3 Å². The van der Waals surface area contributed by atoms with Crippen molar-refractivity contribution in [2.75, 3.05) is 12.3 Å². The van der Waals surface area contributed by atoms with Crippen molar-refractivity contribution < 1.29 is 4.52 Å². The largest absolute Gasteiger partial charge is 0.335 e. The second-order valence-corrected chi connectivity index (χ2v) is 5.56. The van der Waals surface area contributed by atoms with Crippen molar-refractivity contribution >= 4 is 11.8 Å². The Morgan fingerprint density at radius 3 is 3.28 bits per heavy atom. The predicted molar refractivity (Wildman–Crippen MR) is 69.0 cm³/mol. The predicted octanol–water partition coefficient (Wildman–Crippen LogP) is 1.46. The van der Waals surface area contributed by atoms with Gasteiger partial charge in [0, 0.05) is 19.3 Å². The number of imidazole rings is 1. The summed E-state index contributed by atoms with van der Waals surface area (Å²) in [7, 11) is 0. The molecule has 1 aliphatic heterocycles. The first-order valence-electron chi connectivity index (χ1n) is 6.04. The maximum Gasteiger partial charge on any atom is 0.278 e. The Balaban J connectivity index is 1.78. The van der Waals surface area contributed by atoms with E-state index in [1.54, 1.807) is 6.33 Å². The lowest BCUT2D eigenvalue weighted by Gasteiger charge is -1.98. The Kier molecular flexibility index (Phi) is 3.33. The van der Waals surface area contributed by atoms with Crippen LogP contribution in [0, 0.1) is 0 Å². The van der Waals surface area contributed by atoms with Gasteiger partial charge >= 0.3 is 0 Å². The summed E-state index contributed by atoms with van der Waals surface area (Å²) in [4.78, 5) is 8.68. The van der Waals surface area contributed by atoms with Gasteiger partial charge in [-0.2, -0.15) is 16.7 Å². The fourth-order valence-electron chi connectivity index (χ4n) is 1.99. The molecule has 3 heterocycles. The molecule has 0 amide bonds. The van der Waals surface area contributed by atoms with Gasteiger partial charge in [0.05, 0.1) is 11.6 Å². The van der Waals surface area contributed by atoms with E-state index in [2.05, 4.69) is 15.1 Å². The van der Waals surface area contributed by atoms with Crippen LogP contribution < -0.4 is 5.73 Å². The van der Waals surface area contributed by atoms with E-state index < -0.39 is 0 Å². The lowest BCUT2D eigenvalue weighted by atomic mass is 10.2. The van der Waals surface area contributed by atoms with Crippen LogP contribution in [0.4, 0.5) is 0 Å². The van der Waals surface area contributed by atoms with Crippen molar-refractivity contribution in [3.8, 4) is 11.6 Å². The van der Waals surface area contributed by atoms with Gasteiger partial charge in [-0.3, -0.25) is 0 Å². The molecule has 6 nitrogen and oxygen atoms in total. The van der Waals surface area contributed by atoms with Gasteiger partial charge in [-0.25, -0.2) is 4.98 Å². The molecule has 0 aliphatic carbocycles. The molecule has 0 radical (unpaired) electrons. The van der Waals surface area contributed by atoms with Crippen LogP contribution >= 0.6 is 11.8 Å². The second-order valence-electron chi connectivity index (χ2n) is 4.24. The third-order valence-corrected chi connectivity index (χ3v) is 4.27. The maximum absolute atomic E-state index is 5.49. The van der Waals surface area contributed by atoms with Crippen LogP contribution in [0.2, 0.25) is 0 Å². The molecule has 0 aromatic carbocycles. The highest BCUT2D eigenvalue weighted by atomic mass is 32.2. The minimum absolute atomic E-state index is 0.383. The number of aromatic nitrogens is 4. The zero-order chi connectivity index (χ0) is 12.4. The Morgan fingerprint density at radius 1 is 1.56 bits per heavy atom. The number of nitrogens with zero attached hydrogens (tertiary/aromatic N) is 4. The first-order chi connectivity index (χ1) is 8.86. The first-order valence-corrected chi connectivity index (χ1v) is 7.09. The second kappa shape index (κ2) is 5.11. The Hall–Kier alpha value is -1.34. The molecule has 7 heteroatoms. The third kappa shape index (κ3) is 2.28. The van der Waals surface area contributed by atoms with E-state index >= 15 is 0 Å². The van der Waals surface area contributed by atoms with Gasteiger partial charge in [0.2, 0.25) is 0 Å². The first kappa shape index (κ1) is 11.7. The maximum atomic E-state index is 5.49. The average Bonchev–Trinajstić information content (AvgIpc) is 3.10. The van der Waals surface area contributed by atoms with Crippen molar-refractivity contribution in [2.45, 2.75) is 24.6 Å². The van der Waals surface area contributed by atoms with Crippen molar-refractivity contribution in [3.05, 3.63) is 18.3 Å². The van der Waals surface area contributed by atoms with E-state index in [1.807, 2.05) is 22.5 Å². The minimum atomic E-state index is 0.383. The van der Waals surface area contributed by atoms with Gasteiger partial charge in [0.25, 0.3) is 5.89 Å². The quantitative estimate of drug-likeness (QED) is 0.901. The Labute approximate surface area is 109 Å². The zero-order valence-electron chi connectivity index (χ0n) is 9.95. The molecule has 0 bridgehead atoms. The van der Waals surface area contributed by atoms with Crippen LogP contribution in [-0.4, -0.2) is 32.0 Å². The summed E-state index contributed by atoms with van der Waals surface area (Å²) in [5, 5.41) is 4.43. The topological polar surface area (TPSA) is 82.8 Å². The summed E-state index contributed by atoms with van der Waals surface area (Å²) in [5.41, 5.74) is 6.21. The molecular weight excluding hydrogens is 250 g/mol. The van der Waals surface area contributed by atoms with Crippen LogP contribution in [0.25, 0.3) is 11.6 Å². The monoisotopic (exact) mass is 265 g/mol. The number of hydrogen-bond donors (Lipinski definition) is 1. The molecule has 2 aromatic heterocycles. The molecule has 1 fully saturated rings. The van der Waals surface area contributed by atoms with E-state index in [0.29, 0.717) is 23.4 Å². The van der Waals surface area contributed by atoms with Crippen molar-refractivity contribution in [3.63, 3.8) is 0 Å². The van der Waals surface area contributed by atoms with Crippen LogP contribution in [-0.2, 0) is 6.54 Å². The van der Waals surface area contributed by atoms with Gasteiger partial charge in [-0.1, -0.05) is 5.16 Å². The van der Waals surface area contributed by atoms with Crippen molar-refractivity contribution in [2.24, 2.45) is 5.73 Å². The summed E-state index contributed by atoms with van der Waals surface area (Å²) in [6.07, 6.45) is 5.97. The summed E-state index contributed by atoms with van der Waals surface area (Å²) in [5.74, 6) is 2.47. The van der Waals surface area contributed by atoms with Crippen molar-refractivity contribution in [1.29, 1.82) is 0 Å². The van der Waals surface area contributed by atoms with Gasteiger partial charge in [0.15, 0.2) is 5.82 Å². The summed E-state index contributed by atoms with van der Waals surface area (Å²) < 4.78 is 7.19. The SMILES string of the molecule is NCCn1cnc(-c2nc(C3CCCS3)no2)c1. The lowest BCUT2D eigenvalue weighted by molar-refractivity contribution is 0.420. The molecule has 1 unspecified atom stereocenters. The van der Waals surface area contributed by atoms with Gasteiger partial charge in [0.1, 0.15) is 5.69 Å². The number of nitrogens with two attached hydrogens (primary N) is 1. The molecule has 0 saturated carbocycles. The molecule has 0 spiro atoms. The number of thioether (sulfide) groups is 1. The molecule has 1 aliphatic rings. The van der Waals surface area contributed by atoms with E-state index in [1.165, 1.54) is 12.2 Å². The smallest absolute Gasteiger partial charge is 0.278 e. The minimum Gasteiger partial charge on any atom is -0.335 e. The third-order valence-electron chi connectivity index (χ3n) is 2.90. The fraction of sp³-hybridized carbons (Fsp3) is 0.545. The highest BCUT2D eigenvalue weighted by Crippen LogP contribution is 2.38. The van der Waals surface area contributed by atoms with Crippen LogP contribution in [0.15, 0.2) is 17.0 Å². The molecule has 3 rings (SSSR count). The molecular formula is C11H15N5OS. The van der Waals surface area contributed by atoms with E-state index in [0.717, 1.165) is 18.8 Å². The summed E-state index contributed by atoms with van der Waals surface area (Å²) in [6.45, 7) is 1.33. The van der Waals surface area contributed by atoms with Crippen LogP contribution in [0.3, 0.4) is 0 Å². The molecule has 18 heavy (non-hydrogen) atoms. The lowest BCUT2D eigenvalue weighted by Crippen LogP contribution is -2.07. The van der Waals surface area contributed by atoms with Crippen molar-refractivity contribution in [1.82, 2.24) is 19.7 Å². The molecule has 2 N–H and O–H groups in total. The molecule has 1 atom stereocenters. The Morgan fingerprint density at radius 2 is 2.50 bits per heavy atom. The molecule has 2 aromatic rings. The van der Waals surface area contributed by atoms with Crippen LogP contribution in [0.1, 0.15) is 23.9 Å². The van der Waals surface area contributed by atoms with E-state index in [-0.39, 0.29) is 0 Å². The normalized spacial score (nSPS) is 19.5. The standard InChI is InChI=1S/C11H15N5OS/c12-3-4-16-6-8(13-7-16)11-14-10(15-17-11)9-2-1-5-18-9/h6-7,9H,1-5,12H2. The zero-order valence-corrected chi connectivity index (χ0v) is 10.8.